The monoisotopic (exact) mass is 347 g/mol. The number of alkyl halides is 3. The third kappa shape index (κ3) is 3.62. The number of rotatable bonds is 3. The van der Waals surface area contributed by atoms with E-state index in [0.717, 1.165) is 23.4 Å². The Bertz CT molecular complexity index is 924. The maximum Gasteiger partial charge on any atom is 0.416 e. The zero-order valence-electron chi connectivity index (χ0n) is 12.3. The molecule has 24 heavy (non-hydrogen) atoms. The number of hydrogen-bond donors (Lipinski definition) is 1. The van der Waals surface area contributed by atoms with E-state index in [9.17, 15) is 13.2 Å². The van der Waals surface area contributed by atoms with Crippen LogP contribution in [0.2, 0.25) is 0 Å². The standard InChI is InChI=1S/C17H12F3N3S/c18-17(19,20)14-8-4-5-12(9-14)10-21-23-11-15(22-16(23)24)13-6-2-1-3-7-13/h1-11H,(H,22,24)/b21-10+. The molecule has 122 valence electrons. The Hall–Kier alpha value is -2.67. The van der Waals surface area contributed by atoms with Gasteiger partial charge in [-0.05, 0) is 35.5 Å². The van der Waals surface area contributed by atoms with Crippen LogP contribution in [-0.4, -0.2) is 15.9 Å². The summed E-state index contributed by atoms with van der Waals surface area (Å²) in [6.07, 6.45) is -1.34. The molecule has 3 nitrogen and oxygen atoms in total. The van der Waals surface area contributed by atoms with Crippen molar-refractivity contribution in [2.24, 2.45) is 5.10 Å². The fraction of sp³-hybridized carbons (Fsp3) is 0.0588. The fourth-order valence-electron chi connectivity index (χ4n) is 2.16. The largest absolute Gasteiger partial charge is 0.416 e. The van der Waals surface area contributed by atoms with Crippen molar-refractivity contribution in [3.63, 3.8) is 0 Å². The second-order valence-corrected chi connectivity index (χ2v) is 5.44. The predicted molar refractivity (Wildman–Crippen MR) is 89.5 cm³/mol. The normalized spacial score (nSPS) is 12.0. The van der Waals surface area contributed by atoms with Gasteiger partial charge in [-0.2, -0.15) is 18.3 Å². The van der Waals surface area contributed by atoms with Crippen LogP contribution in [0.4, 0.5) is 13.2 Å². The van der Waals surface area contributed by atoms with Crippen molar-refractivity contribution >= 4 is 18.4 Å². The van der Waals surface area contributed by atoms with Gasteiger partial charge in [-0.15, -0.1) is 0 Å². The zero-order valence-corrected chi connectivity index (χ0v) is 13.1. The SMILES string of the molecule is FC(F)(F)c1cccc(/C=N/n2cc(-c3ccccc3)[nH]c2=S)c1. The molecule has 0 spiro atoms. The molecule has 1 aromatic heterocycles. The number of aromatic nitrogens is 2. The minimum Gasteiger partial charge on any atom is -0.329 e. The van der Waals surface area contributed by atoms with Crippen LogP contribution in [0, 0.1) is 4.77 Å². The van der Waals surface area contributed by atoms with Crippen LogP contribution in [0.25, 0.3) is 11.3 Å². The molecule has 1 N–H and O–H groups in total. The molecule has 0 radical (unpaired) electrons. The lowest BCUT2D eigenvalue weighted by atomic mass is 10.1. The third-order valence-electron chi connectivity index (χ3n) is 3.33. The first-order chi connectivity index (χ1) is 11.4. The number of nitrogens with one attached hydrogen (secondary N) is 1. The Morgan fingerprint density at radius 1 is 1.04 bits per heavy atom. The second kappa shape index (κ2) is 6.45. The van der Waals surface area contributed by atoms with Gasteiger partial charge in [0, 0.05) is 0 Å². The van der Waals surface area contributed by atoms with Gasteiger partial charge in [0.15, 0.2) is 4.77 Å². The molecule has 0 amide bonds. The molecule has 3 rings (SSSR count). The van der Waals surface area contributed by atoms with Crippen LogP contribution in [0.5, 0.6) is 0 Å². The summed E-state index contributed by atoms with van der Waals surface area (Å²) in [4.78, 5) is 3.02. The molecule has 0 saturated heterocycles. The summed E-state index contributed by atoms with van der Waals surface area (Å²) >= 11 is 5.19. The predicted octanol–water partition coefficient (Wildman–Crippen LogP) is 5.11. The lowest BCUT2D eigenvalue weighted by molar-refractivity contribution is -0.137. The summed E-state index contributed by atoms with van der Waals surface area (Å²) in [5.41, 5.74) is 1.35. The highest BCUT2D eigenvalue weighted by Gasteiger charge is 2.30. The van der Waals surface area contributed by atoms with Gasteiger partial charge in [0.1, 0.15) is 0 Å². The van der Waals surface area contributed by atoms with Gasteiger partial charge in [-0.25, -0.2) is 4.68 Å². The van der Waals surface area contributed by atoms with Gasteiger partial charge in [-0.3, -0.25) is 0 Å². The first kappa shape index (κ1) is 16.2. The highest BCUT2D eigenvalue weighted by atomic mass is 32.1. The Morgan fingerprint density at radius 3 is 2.50 bits per heavy atom. The summed E-state index contributed by atoms with van der Waals surface area (Å²) in [5.74, 6) is 0. The molecule has 0 aliphatic rings. The van der Waals surface area contributed by atoms with Crippen molar-refractivity contribution in [2.75, 3.05) is 0 Å². The average Bonchev–Trinajstić information content (AvgIpc) is 2.94. The van der Waals surface area contributed by atoms with Crippen LogP contribution in [0.15, 0.2) is 65.9 Å². The third-order valence-corrected chi connectivity index (χ3v) is 3.62. The Labute approximate surface area is 141 Å². The van der Waals surface area contributed by atoms with Gasteiger partial charge in [0.25, 0.3) is 0 Å². The van der Waals surface area contributed by atoms with Gasteiger partial charge < -0.3 is 4.98 Å². The van der Waals surface area contributed by atoms with Crippen LogP contribution < -0.4 is 0 Å². The molecule has 7 heteroatoms. The van der Waals surface area contributed by atoms with Gasteiger partial charge in [0.05, 0.1) is 23.7 Å². The summed E-state index contributed by atoms with van der Waals surface area (Å²) in [6.45, 7) is 0. The van der Waals surface area contributed by atoms with Crippen molar-refractivity contribution in [2.45, 2.75) is 6.18 Å². The highest BCUT2D eigenvalue weighted by molar-refractivity contribution is 7.71. The number of nitrogens with zero attached hydrogens (tertiary/aromatic N) is 2. The van der Waals surface area contributed by atoms with Crippen molar-refractivity contribution in [3.8, 4) is 11.3 Å². The number of aromatic amines is 1. The van der Waals surface area contributed by atoms with Crippen LogP contribution >= 0.6 is 12.2 Å². The lowest BCUT2D eigenvalue weighted by Crippen LogP contribution is -2.05. The number of H-pyrrole nitrogens is 1. The van der Waals surface area contributed by atoms with Crippen molar-refractivity contribution in [1.82, 2.24) is 9.66 Å². The van der Waals surface area contributed by atoms with E-state index in [1.165, 1.54) is 17.0 Å². The Balaban J connectivity index is 1.88. The van der Waals surface area contributed by atoms with Crippen LogP contribution in [-0.2, 0) is 6.18 Å². The molecular formula is C17H12F3N3S. The van der Waals surface area contributed by atoms with Crippen molar-refractivity contribution in [3.05, 3.63) is 76.7 Å². The molecule has 3 aromatic rings. The van der Waals surface area contributed by atoms with E-state index >= 15 is 0 Å². The van der Waals surface area contributed by atoms with E-state index in [0.29, 0.717) is 10.3 Å². The van der Waals surface area contributed by atoms with Crippen LogP contribution in [0.1, 0.15) is 11.1 Å². The van der Waals surface area contributed by atoms with E-state index in [1.807, 2.05) is 30.3 Å². The topological polar surface area (TPSA) is 33.1 Å². The van der Waals surface area contributed by atoms with Crippen LogP contribution in [0.3, 0.4) is 0 Å². The molecule has 1 heterocycles. The van der Waals surface area contributed by atoms with E-state index in [2.05, 4.69) is 10.1 Å². The maximum absolute atomic E-state index is 12.7. The van der Waals surface area contributed by atoms with E-state index in [4.69, 9.17) is 12.2 Å². The number of hydrogen-bond acceptors (Lipinski definition) is 2. The Morgan fingerprint density at radius 2 is 1.79 bits per heavy atom. The number of benzene rings is 2. The smallest absolute Gasteiger partial charge is 0.329 e. The minimum atomic E-state index is -4.38. The molecule has 0 aliphatic carbocycles. The second-order valence-electron chi connectivity index (χ2n) is 5.05. The summed E-state index contributed by atoms with van der Waals surface area (Å²) in [6, 6.07) is 14.5. The molecular weight excluding hydrogens is 335 g/mol. The van der Waals surface area contributed by atoms with E-state index < -0.39 is 11.7 Å². The number of imidazole rings is 1. The molecule has 0 aliphatic heterocycles. The molecule has 0 saturated carbocycles. The van der Waals surface area contributed by atoms with E-state index in [-0.39, 0.29) is 0 Å². The van der Waals surface area contributed by atoms with Gasteiger partial charge in [-0.1, -0.05) is 42.5 Å². The Kier molecular flexibility index (Phi) is 4.35. The lowest BCUT2D eigenvalue weighted by Gasteiger charge is -2.06. The molecule has 2 aromatic carbocycles. The van der Waals surface area contributed by atoms with Gasteiger partial charge in [0.2, 0.25) is 0 Å². The van der Waals surface area contributed by atoms with Crippen molar-refractivity contribution in [1.29, 1.82) is 0 Å². The molecule has 0 unspecified atom stereocenters. The summed E-state index contributed by atoms with van der Waals surface area (Å²) < 4.78 is 39.9. The first-order valence-electron chi connectivity index (χ1n) is 7.02. The average molecular weight is 347 g/mol. The quantitative estimate of drug-likeness (QED) is 0.518. The summed E-state index contributed by atoms with van der Waals surface area (Å²) in [5, 5.41) is 4.13. The van der Waals surface area contributed by atoms with Gasteiger partial charge >= 0.3 is 6.18 Å². The fourth-order valence-corrected chi connectivity index (χ4v) is 2.37. The molecule has 0 fully saturated rings. The summed E-state index contributed by atoms with van der Waals surface area (Å²) in [7, 11) is 0. The minimum absolute atomic E-state index is 0.342. The maximum atomic E-state index is 12.7. The number of halogens is 3. The van der Waals surface area contributed by atoms with Crippen molar-refractivity contribution < 1.29 is 13.2 Å². The highest BCUT2D eigenvalue weighted by Crippen LogP contribution is 2.29. The van der Waals surface area contributed by atoms with E-state index in [1.54, 1.807) is 12.3 Å². The zero-order chi connectivity index (χ0) is 17.2. The molecule has 0 bridgehead atoms. The first-order valence-corrected chi connectivity index (χ1v) is 7.43. The molecule has 0 atom stereocenters.